The molecule has 0 unspecified atom stereocenters. The highest BCUT2D eigenvalue weighted by atomic mass is 19.1. The van der Waals surface area contributed by atoms with Crippen LogP contribution in [0.2, 0.25) is 0 Å². The van der Waals surface area contributed by atoms with Gasteiger partial charge < -0.3 is 20.6 Å². The van der Waals surface area contributed by atoms with E-state index >= 15 is 0 Å². The molecule has 2 amide bonds. The summed E-state index contributed by atoms with van der Waals surface area (Å²) < 4.78 is 13.7. The maximum absolute atomic E-state index is 13.7. The molecule has 1 heterocycles. The Bertz CT molecular complexity index is 987. The van der Waals surface area contributed by atoms with Crippen LogP contribution in [0.3, 0.4) is 0 Å². The predicted octanol–water partition coefficient (Wildman–Crippen LogP) is 2.99. The van der Waals surface area contributed by atoms with Crippen LogP contribution in [-0.4, -0.2) is 59.1 Å². The second kappa shape index (κ2) is 9.01. The van der Waals surface area contributed by atoms with Crippen LogP contribution in [0, 0.1) is 0 Å². The number of pyridine rings is 1. The lowest BCUT2D eigenvalue weighted by Crippen LogP contribution is -2.36. The number of rotatable bonds is 8. The highest BCUT2D eigenvalue weighted by Crippen LogP contribution is 2.30. The van der Waals surface area contributed by atoms with E-state index in [1.807, 2.05) is 0 Å². The Morgan fingerprint density at radius 3 is 2.55 bits per heavy atom. The van der Waals surface area contributed by atoms with Crippen molar-refractivity contribution in [2.24, 2.45) is 0 Å². The molecular weight excluding hydrogens is 399 g/mol. The topological polar surface area (TPSA) is 94.6 Å². The van der Waals surface area contributed by atoms with Gasteiger partial charge in [-0.2, -0.15) is 0 Å². The highest BCUT2D eigenvalue weighted by Gasteiger charge is 2.25. The minimum atomic E-state index is -0.714. The number of aliphatic hydroxyl groups excluding tert-OH is 1. The summed E-state index contributed by atoms with van der Waals surface area (Å²) in [6.45, 7) is 2.70. The van der Waals surface area contributed by atoms with Crippen LogP contribution in [0.4, 0.5) is 10.2 Å². The summed E-state index contributed by atoms with van der Waals surface area (Å²) in [5.41, 5.74) is 1.49. The number of carbonyl (C=O) groups is 2. The molecule has 1 saturated carbocycles. The molecule has 0 saturated heterocycles. The smallest absolute Gasteiger partial charge is 0.257 e. The molecule has 3 rings (SSSR count). The second-order valence-electron chi connectivity index (χ2n) is 8.74. The average molecular weight is 429 g/mol. The van der Waals surface area contributed by atoms with Crippen LogP contribution >= 0.6 is 0 Å². The van der Waals surface area contributed by atoms with Crippen LogP contribution in [0.25, 0.3) is 11.1 Å². The standard InChI is InChI=1S/C23H29FN4O3/c1-23(2,13-29)27-20-19(22(31)28(3)4)10-16(12-25-20)18-9-14(5-6-15(18)11-24)21(30)26-17-7-8-17/h5-6,9-10,12,17,29H,7-8,11,13H2,1-4H3,(H,25,27)(H,26,30). The third-order valence-electron chi connectivity index (χ3n) is 5.12. The Balaban J connectivity index is 2.06. The first-order valence-corrected chi connectivity index (χ1v) is 10.3. The zero-order valence-corrected chi connectivity index (χ0v) is 18.3. The number of aliphatic hydroxyl groups is 1. The fourth-order valence-corrected chi connectivity index (χ4v) is 3.08. The first kappa shape index (κ1) is 22.7. The van der Waals surface area contributed by atoms with E-state index in [0.29, 0.717) is 33.6 Å². The van der Waals surface area contributed by atoms with Gasteiger partial charge in [0.2, 0.25) is 0 Å². The van der Waals surface area contributed by atoms with Crippen LogP contribution in [0.1, 0.15) is 53.0 Å². The van der Waals surface area contributed by atoms with E-state index in [1.54, 1.807) is 58.4 Å². The van der Waals surface area contributed by atoms with E-state index < -0.39 is 12.2 Å². The van der Waals surface area contributed by atoms with Gasteiger partial charge in [0.1, 0.15) is 12.5 Å². The van der Waals surface area contributed by atoms with Crippen LogP contribution in [0.15, 0.2) is 30.5 Å². The number of nitrogens with zero attached hydrogens (tertiary/aromatic N) is 2. The highest BCUT2D eigenvalue weighted by molar-refractivity contribution is 6.00. The Hall–Kier alpha value is -3.00. The fraction of sp³-hybridized carbons (Fsp3) is 0.435. The van der Waals surface area contributed by atoms with Crippen molar-refractivity contribution in [2.45, 2.75) is 44.9 Å². The number of hydrogen-bond acceptors (Lipinski definition) is 5. The van der Waals surface area contributed by atoms with E-state index in [2.05, 4.69) is 15.6 Å². The van der Waals surface area contributed by atoms with Crippen molar-refractivity contribution in [3.8, 4) is 11.1 Å². The maximum atomic E-state index is 13.7. The van der Waals surface area contributed by atoms with Gasteiger partial charge in [-0.1, -0.05) is 6.07 Å². The number of carbonyl (C=O) groups excluding carboxylic acids is 2. The Morgan fingerprint density at radius 1 is 1.26 bits per heavy atom. The first-order chi connectivity index (χ1) is 14.6. The van der Waals surface area contributed by atoms with Gasteiger partial charge in [-0.05, 0) is 56.0 Å². The summed E-state index contributed by atoms with van der Waals surface area (Å²) in [5.74, 6) is -0.157. The van der Waals surface area contributed by atoms with Crippen molar-refractivity contribution < 1.29 is 19.1 Å². The molecule has 0 spiro atoms. The minimum absolute atomic E-state index is 0.157. The average Bonchev–Trinajstić information content (AvgIpc) is 3.56. The lowest BCUT2D eigenvalue weighted by Gasteiger charge is -2.26. The number of amides is 2. The number of alkyl halides is 1. The van der Waals surface area contributed by atoms with Crippen molar-refractivity contribution in [3.63, 3.8) is 0 Å². The van der Waals surface area contributed by atoms with Gasteiger partial charge in [0.15, 0.2) is 0 Å². The van der Waals surface area contributed by atoms with Gasteiger partial charge in [0.05, 0.1) is 17.7 Å². The lowest BCUT2D eigenvalue weighted by molar-refractivity contribution is 0.0827. The molecule has 3 N–H and O–H groups in total. The zero-order valence-electron chi connectivity index (χ0n) is 18.3. The second-order valence-corrected chi connectivity index (χ2v) is 8.74. The Morgan fingerprint density at radius 2 is 1.97 bits per heavy atom. The molecular formula is C23H29FN4O3. The van der Waals surface area contributed by atoms with Crippen molar-refractivity contribution in [2.75, 3.05) is 26.0 Å². The Kier molecular flexibility index (Phi) is 6.59. The van der Waals surface area contributed by atoms with E-state index in [-0.39, 0.29) is 24.5 Å². The summed E-state index contributed by atoms with van der Waals surface area (Å²) in [6.07, 6.45) is 3.48. The molecule has 8 heteroatoms. The number of hydrogen-bond donors (Lipinski definition) is 3. The molecule has 0 atom stereocenters. The molecule has 166 valence electrons. The molecule has 1 fully saturated rings. The maximum Gasteiger partial charge on any atom is 0.257 e. The third kappa shape index (κ3) is 5.38. The van der Waals surface area contributed by atoms with Crippen LogP contribution in [0.5, 0.6) is 0 Å². The minimum Gasteiger partial charge on any atom is -0.394 e. The SMILES string of the molecule is CN(C)C(=O)c1cc(-c2cc(C(=O)NC3CC3)ccc2CF)cnc1NC(C)(C)CO. The third-order valence-corrected chi connectivity index (χ3v) is 5.12. The number of halogens is 1. The summed E-state index contributed by atoms with van der Waals surface area (Å²) in [5, 5.41) is 15.6. The van der Waals surface area contributed by atoms with Crippen molar-refractivity contribution >= 4 is 17.6 Å². The van der Waals surface area contributed by atoms with Gasteiger partial charge in [-0.3, -0.25) is 9.59 Å². The quantitative estimate of drug-likeness (QED) is 0.601. The number of nitrogens with one attached hydrogen (secondary N) is 2. The molecule has 1 aliphatic carbocycles. The number of benzene rings is 1. The fourth-order valence-electron chi connectivity index (χ4n) is 3.08. The zero-order chi connectivity index (χ0) is 22.8. The normalized spacial score (nSPS) is 13.6. The monoisotopic (exact) mass is 428 g/mol. The van der Waals surface area contributed by atoms with E-state index in [9.17, 15) is 19.1 Å². The molecule has 7 nitrogen and oxygen atoms in total. The van der Waals surface area contributed by atoms with Gasteiger partial charge >= 0.3 is 0 Å². The summed E-state index contributed by atoms with van der Waals surface area (Å²) in [6, 6.07) is 6.68. The molecule has 2 aromatic rings. The van der Waals surface area contributed by atoms with Gasteiger partial charge in [-0.15, -0.1) is 0 Å². The van der Waals surface area contributed by atoms with Crippen molar-refractivity contribution in [3.05, 3.63) is 47.2 Å². The predicted molar refractivity (Wildman–Crippen MR) is 118 cm³/mol. The number of anilines is 1. The largest absolute Gasteiger partial charge is 0.394 e. The summed E-state index contributed by atoms with van der Waals surface area (Å²) in [4.78, 5) is 31.1. The van der Waals surface area contributed by atoms with Gasteiger partial charge in [-0.25, -0.2) is 9.37 Å². The first-order valence-electron chi connectivity index (χ1n) is 10.3. The summed E-state index contributed by atoms with van der Waals surface area (Å²) in [7, 11) is 3.26. The van der Waals surface area contributed by atoms with Crippen LogP contribution < -0.4 is 10.6 Å². The van der Waals surface area contributed by atoms with Crippen molar-refractivity contribution in [1.29, 1.82) is 0 Å². The van der Waals surface area contributed by atoms with Gasteiger partial charge in [0, 0.05) is 37.5 Å². The molecule has 0 aliphatic heterocycles. The van der Waals surface area contributed by atoms with E-state index in [1.165, 1.54) is 4.90 Å². The van der Waals surface area contributed by atoms with Crippen LogP contribution in [-0.2, 0) is 6.67 Å². The molecule has 1 aliphatic rings. The van der Waals surface area contributed by atoms with E-state index in [0.717, 1.165) is 12.8 Å². The molecule has 0 bridgehead atoms. The summed E-state index contributed by atoms with van der Waals surface area (Å²) >= 11 is 0. The Labute approximate surface area is 181 Å². The molecule has 1 aromatic carbocycles. The molecule has 1 aromatic heterocycles. The van der Waals surface area contributed by atoms with Gasteiger partial charge in [0.25, 0.3) is 11.8 Å². The number of aromatic nitrogens is 1. The molecule has 31 heavy (non-hydrogen) atoms. The van der Waals surface area contributed by atoms with Crippen molar-refractivity contribution in [1.82, 2.24) is 15.2 Å². The molecule has 0 radical (unpaired) electrons. The lowest BCUT2D eigenvalue weighted by atomic mass is 9.97. The van der Waals surface area contributed by atoms with E-state index in [4.69, 9.17) is 0 Å².